The fraction of sp³-hybridized carbons (Fsp3) is 0.625. The maximum atomic E-state index is 5.22. The van der Waals surface area contributed by atoms with Crippen LogP contribution >= 0.6 is 0 Å². The average molecular weight is 264 g/mol. The second-order valence-electron chi connectivity index (χ2n) is 5.51. The lowest BCUT2D eigenvalue weighted by Crippen LogP contribution is -2.38. The second kappa shape index (κ2) is 7.63. The number of nitrogens with one attached hydrogen (secondary N) is 1. The number of hydrogen-bond donors (Lipinski definition) is 1. The molecule has 2 atom stereocenters. The van der Waals surface area contributed by atoms with Crippen LogP contribution in [0.1, 0.15) is 29.7 Å². The van der Waals surface area contributed by atoms with E-state index in [1.165, 1.54) is 16.7 Å². The molecule has 0 heterocycles. The van der Waals surface area contributed by atoms with E-state index in [-0.39, 0.29) is 0 Å². The van der Waals surface area contributed by atoms with Crippen molar-refractivity contribution in [2.75, 3.05) is 34.4 Å². The molecule has 0 aromatic heterocycles. The zero-order valence-corrected chi connectivity index (χ0v) is 13.2. The highest BCUT2D eigenvalue weighted by atomic mass is 16.5. The Hall–Kier alpha value is -0.900. The zero-order chi connectivity index (χ0) is 14.4. The number of ether oxygens (including phenoxy) is 1. The van der Waals surface area contributed by atoms with Crippen LogP contribution in [0.15, 0.2) is 18.2 Å². The molecule has 0 aliphatic rings. The van der Waals surface area contributed by atoms with Crippen LogP contribution in [0.2, 0.25) is 0 Å². The van der Waals surface area contributed by atoms with Crippen molar-refractivity contribution in [1.29, 1.82) is 0 Å². The minimum absolute atomic E-state index is 0.350. The molecule has 1 aromatic carbocycles. The van der Waals surface area contributed by atoms with Crippen molar-refractivity contribution in [1.82, 2.24) is 10.2 Å². The Morgan fingerprint density at radius 3 is 2.26 bits per heavy atom. The minimum atomic E-state index is 0.350. The molecule has 0 spiro atoms. The van der Waals surface area contributed by atoms with Crippen molar-refractivity contribution in [2.24, 2.45) is 0 Å². The monoisotopic (exact) mass is 264 g/mol. The molecule has 2 unspecified atom stereocenters. The first-order chi connectivity index (χ1) is 8.97. The van der Waals surface area contributed by atoms with Gasteiger partial charge in [-0.2, -0.15) is 0 Å². The molecule has 0 amide bonds. The van der Waals surface area contributed by atoms with E-state index in [0.717, 1.165) is 13.2 Å². The van der Waals surface area contributed by atoms with E-state index < -0.39 is 0 Å². The van der Waals surface area contributed by atoms with Crippen LogP contribution in [0.25, 0.3) is 0 Å². The fourth-order valence-corrected chi connectivity index (χ4v) is 2.41. The molecule has 0 aliphatic heterocycles. The van der Waals surface area contributed by atoms with Gasteiger partial charge in [-0.25, -0.2) is 0 Å². The van der Waals surface area contributed by atoms with E-state index >= 15 is 0 Å². The maximum Gasteiger partial charge on any atom is 0.0615 e. The van der Waals surface area contributed by atoms with Crippen molar-refractivity contribution in [3.63, 3.8) is 0 Å². The number of hydrogen-bond acceptors (Lipinski definition) is 3. The standard InChI is InChI=1S/C16H28N2O/c1-12-7-13(2)9-15(8-12)16(17-4)10-18(5)14(3)11-19-6/h7-9,14,16-17H,10-11H2,1-6H3. The van der Waals surface area contributed by atoms with Gasteiger partial charge in [-0.05, 0) is 40.4 Å². The van der Waals surface area contributed by atoms with Gasteiger partial charge in [0.1, 0.15) is 0 Å². The lowest BCUT2D eigenvalue weighted by Gasteiger charge is -2.29. The number of methoxy groups -OCH3 is 1. The van der Waals surface area contributed by atoms with Gasteiger partial charge in [0.15, 0.2) is 0 Å². The van der Waals surface area contributed by atoms with E-state index in [9.17, 15) is 0 Å². The van der Waals surface area contributed by atoms with Crippen LogP contribution < -0.4 is 5.32 Å². The third-order valence-corrected chi connectivity index (χ3v) is 3.63. The number of nitrogens with zero attached hydrogens (tertiary/aromatic N) is 1. The minimum Gasteiger partial charge on any atom is -0.383 e. The SMILES string of the molecule is CNC(CN(C)C(C)COC)c1cc(C)cc(C)c1. The first-order valence-corrected chi connectivity index (χ1v) is 6.92. The highest BCUT2D eigenvalue weighted by Gasteiger charge is 2.16. The van der Waals surface area contributed by atoms with Gasteiger partial charge >= 0.3 is 0 Å². The summed E-state index contributed by atoms with van der Waals surface area (Å²) in [6, 6.07) is 7.52. The summed E-state index contributed by atoms with van der Waals surface area (Å²) in [7, 11) is 5.93. The molecule has 0 fully saturated rings. The molecule has 0 saturated heterocycles. The Labute approximate surface area is 118 Å². The molecule has 0 radical (unpaired) electrons. The van der Waals surface area contributed by atoms with E-state index in [2.05, 4.69) is 56.2 Å². The normalized spacial score (nSPS) is 14.7. The predicted octanol–water partition coefficient (Wildman–Crippen LogP) is 2.53. The Morgan fingerprint density at radius 2 is 1.79 bits per heavy atom. The summed E-state index contributed by atoms with van der Waals surface area (Å²) in [6.45, 7) is 8.24. The van der Waals surface area contributed by atoms with Crippen molar-refractivity contribution in [3.8, 4) is 0 Å². The van der Waals surface area contributed by atoms with Gasteiger partial charge < -0.3 is 10.1 Å². The molecular formula is C16H28N2O. The van der Waals surface area contributed by atoms with Gasteiger partial charge in [0.05, 0.1) is 6.61 Å². The lowest BCUT2D eigenvalue weighted by atomic mass is 10.0. The van der Waals surface area contributed by atoms with Gasteiger partial charge in [0, 0.05) is 25.7 Å². The van der Waals surface area contributed by atoms with Crippen molar-refractivity contribution >= 4 is 0 Å². The van der Waals surface area contributed by atoms with Crippen LogP contribution in [0.5, 0.6) is 0 Å². The zero-order valence-electron chi connectivity index (χ0n) is 13.2. The molecular weight excluding hydrogens is 236 g/mol. The van der Waals surface area contributed by atoms with E-state index in [1.54, 1.807) is 7.11 Å². The number of benzene rings is 1. The number of rotatable bonds is 7. The number of aryl methyl sites for hydroxylation is 2. The smallest absolute Gasteiger partial charge is 0.0615 e. The molecule has 1 rings (SSSR count). The molecule has 19 heavy (non-hydrogen) atoms. The van der Waals surface area contributed by atoms with Gasteiger partial charge in [0.25, 0.3) is 0 Å². The summed E-state index contributed by atoms with van der Waals surface area (Å²) in [6.07, 6.45) is 0. The lowest BCUT2D eigenvalue weighted by molar-refractivity contribution is 0.110. The van der Waals surface area contributed by atoms with E-state index in [0.29, 0.717) is 12.1 Å². The predicted molar refractivity (Wildman–Crippen MR) is 81.7 cm³/mol. The molecule has 3 nitrogen and oxygen atoms in total. The number of likely N-dealkylation sites (N-methyl/N-ethyl adjacent to an activating group) is 2. The molecule has 0 bridgehead atoms. The first kappa shape index (κ1) is 16.2. The Kier molecular flexibility index (Phi) is 6.49. The van der Waals surface area contributed by atoms with Gasteiger partial charge in [0.2, 0.25) is 0 Å². The van der Waals surface area contributed by atoms with Crippen LogP contribution in [-0.4, -0.2) is 45.3 Å². The molecule has 108 valence electrons. The quantitative estimate of drug-likeness (QED) is 0.819. The highest BCUT2D eigenvalue weighted by Crippen LogP contribution is 2.18. The summed E-state index contributed by atoms with van der Waals surface area (Å²) in [5, 5.41) is 3.42. The third kappa shape index (κ3) is 4.94. The molecule has 3 heteroatoms. The van der Waals surface area contributed by atoms with Crippen molar-refractivity contribution in [3.05, 3.63) is 34.9 Å². The van der Waals surface area contributed by atoms with Crippen LogP contribution in [0, 0.1) is 13.8 Å². The van der Waals surface area contributed by atoms with E-state index in [4.69, 9.17) is 4.74 Å². The Balaban J connectivity index is 2.77. The summed E-state index contributed by atoms with van der Waals surface area (Å²) in [4.78, 5) is 2.34. The maximum absolute atomic E-state index is 5.22. The van der Waals surface area contributed by atoms with Crippen LogP contribution in [-0.2, 0) is 4.74 Å². The molecule has 1 aromatic rings. The molecule has 0 saturated carbocycles. The topological polar surface area (TPSA) is 24.5 Å². The summed E-state index contributed by atoms with van der Waals surface area (Å²) in [5.41, 5.74) is 4.00. The van der Waals surface area contributed by atoms with Gasteiger partial charge in [-0.15, -0.1) is 0 Å². The summed E-state index contributed by atoms with van der Waals surface area (Å²) < 4.78 is 5.22. The summed E-state index contributed by atoms with van der Waals surface area (Å²) >= 11 is 0. The van der Waals surface area contributed by atoms with Gasteiger partial charge in [-0.3, -0.25) is 4.90 Å². The first-order valence-electron chi connectivity index (χ1n) is 6.92. The average Bonchev–Trinajstić information content (AvgIpc) is 2.34. The van der Waals surface area contributed by atoms with Crippen molar-refractivity contribution in [2.45, 2.75) is 32.9 Å². The van der Waals surface area contributed by atoms with Crippen LogP contribution in [0.4, 0.5) is 0 Å². The van der Waals surface area contributed by atoms with E-state index in [1.807, 2.05) is 7.05 Å². The fourth-order valence-electron chi connectivity index (χ4n) is 2.41. The second-order valence-corrected chi connectivity index (χ2v) is 5.51. The third-order valence-electron chi connectivity index (χ3n) is 3.63. The van der Waals surface area contributed by atoms with Crippen molar-refractivity contribution < 1.29 is 4.74 Å². The summed E-state index contributed by atoms with van der Waals surface area (Å²) in [5.74, 6) is 0. The Morgan fingerprint density at radius 1 is 1.21 bits per heavy atom. The largest absolute Gasteiger partial charge is 0.383 e. The Bertz CT molecular complexity index is 372. The molecule has 0 aliphatic carbocycles. The molecule has 1 N–H and O–H groups in total. The van der Waals surface area contributed by atoms with Gasteiger partial charge in [-0.1, -0.05) is 29.3 Å². The van der Waals surface area contributed by atoms with Crippen LogP contribution in [0.3, 0.4) is 0 Å². The highest BCUT2D eigenvalue weighted by molar-refractivity contribution is 5.30.